The number of hydrogen-bond acceptors (Lipinski definition) is 2. The van der Waals surface area contributed by atoms with Gasteiger partial charge in [-0.25, -0.2) is 0 Å². The molecule has 4 aliphatic rings. The molecule has 22 heavy (non-hydrogen) atoms. The molecule has 4 aliphatic carbocycles. The SMILES string of the molecule is C[C@@]1(CO)CCC[C@]2(C)[C@@H]1CC[C@@]13C[C@@H](CC[C@H]12)[C@](C)(O)C3. The van der Waals surface area contributed by atoms with Crippen molar-refractivity contribution in [3.05, 3.63) is 0 Å². The lowest BCUT2D eigenvalue weighted by Gasteiger charge is -2.64. The van der Waals surface area contributed by atoms with Crippen LogP contribution in [0, 0.1) is 34.0 Å². The molecule has 0 saturated heterocycles. The van der Waals surface area contributed by atoms with Crippen LogP contribution in [0.5, 0.6) is 0 Å². The van der Waals surface area contributed by atoms with E-state index in [4.69, 9.17) is 0 Å². The summed E-state index contributed by atoms with van der Waals surface area (Å²) in [6.45, 7) is 7.34. The maximum Gasteiger partial charge on any atom is 0.0653 e. The van der Waals surface area contributed by atoms with Crippen LogP contribution in [0.3, 0.4) is 0 Å². The summed E-state index contributed by atoms with van der Waals surface area (Å²) in [5.41, 5.74) is 0.504. The zero-order valence-electron chi connectivity index (χ0n) is 14.7. The number of aliphatic hydroxyl groups excluding tert-OH is 1. The van der Waals surface area contributed by atoms with Gasteiger partial charge in [-0.15, -0.1) is 0 Å². The van der Waals surface area contributed by atoms with Crippen molar-refractivity contribution in [1.29, 1.82) is 0 Å². The second-order valence-corrected chi connectivity index (χ2v) is 10.2. The first-order valence-corrected chi connectivity index (χ1v) is 9.59. The summed E-state index contributed by atoms with van der Waals surface area (Å²) in [5.74, 6) is 1.99. The zero-order chi connectivity index (χ0) is 15.8. The number of aliphatic hydroxyl groups is 2. The number of rotatable bonds is 1. The van der Waals surface area contributed by atoms with Crippen molar-refractivity contribution in [2.45, 2.75) is 84.2 Å². The standard InChI is InChI=1S/C20H34O2/c1-17(13-21)8-4-9-18(2)15(17)7-10-20-11-14(5-6-16(18)20)19(3,22)12-20/h14-16,21-22H,4-13H2,1-3H3/t14-,15-,16+,17+,18-,19-,20+/m1/s1. The van der Waals surface area contributed by atoms with Crippen LogP contribution in [0.2, 0.25) is 0 Å². The molecule has 126 valence electrons. The first-order valence-electron chi connectivity index (χ1n) is 9.59. The van der Waals surface area contributed by atoms with Gasteiger partial charge in [-0.2, -0.15) is 0 Å². The van der Waals surface area contributed by atoms with E-state index in [2.05, 4.69) is 20.8 Å². The average molecular weight is 306 g/mol. The summed E-state index contributed by atoms with van der Waals surface area (Å²) in [6, 6.07) is 0. The van der Waals surface area contributed by atoms with Gasteiger partial charge < -0.3 is 10.2 Å². The van der Waals surface area contributed by atoms with Crippen molar-refractivity contribution in [3.8, 4) is 0 Å². The van der Waals surface area contributed by atoms with Crippen molar-refractivity contribution in [3.63, 3.8) is 0 Å². The molecule has 4 saturated carbocycles. The van der Waals surface area contributed by atoms with E-state index in [-0.39, 0.29) is 5.41 Å². The lowest BCUT2D eigenvalue weighted by atomic mass is 9.41. The van der Waals surface area contributed by atoms with Gasteiger partial charge in [0.25, 0.3) is 0 Å². The fourth-order valence-corrected chi connectivity index (χ4v) is 8.12. The fraction of sp³-hybridized carbons (Fsp3) is 1.00. The predicted molar refractivity (Wildman–Crippen MR) is 88.4 cm³/mol. The van der Waals surface area contributed by atoms with Crippen molar-refractivity contribution in [2.75, 3.05) is 6.61 Å². The van der Waals surface area contributed by atoms with E-state index < -0.39 is 5.60 Å². The Kier molecular flexibility index (Phi) is 3.16. The maximum atomic E-state index is 10.9. The Bertz CT molecular complexity index is 472. The largest absolute Gasteiger partial charge is 0.396 e. The monoisotopic (exact) mass is 306 g/mol. The Morgan fingerprint density at radius 1 is 0.955 bits per heavy atom. The third-order valence-corrected chi connectivity index (χ3v) is 8.97. The topological polar surface area (TPSA) is 40.5 Å². The van der Waals surface area contributed by atoms with Gasteiger partial charge in [0.15, 0.2) is 0 Å². The Balaban J connectivity index is 1.72. The highest BCUT2D eigenvalue weighted by atomic mass is 16.3. The van der Waals surface area contributed by atoms with Gasteiger partial charge in [0.1, 0.15) is 0 Å². The minimum Gasteiger partial charge on any atom is -0.396 e. The molecular formula is C20H34O2. The molecule has 0 amide bonds. The second kappa shape index (κ2) is 4.51. The summed E-state index contributed by atoms with van der Waals surface area (Å²) >= 11 is 0. The molecule has 0 heterocycles. The van der Waals surface area contributed by atoms with E-state index in [0.29, 0.717) is 29.3 Å². The molecule has 2 heteroatoms. The molecule has 0 aromatic heterocycles. The van der Waals surface area contributed by atoms with Gasteiger partial charge >= 0.3 is 0 Å². The van der Waals surface area contributed by atoms with Crippen LogP contribution in [0.25, 0.3) is 0 Å². The van der Waals surface area contributed by atoms with E-state index in [1.165, 1.54) is 51.4 Å². The van der Waals surface area contributed by atoms with Gasteiger partial charge in [0.2, 0.25) is 0 Å². The molecule has 1 spiro atoms. The fourth-order valence-electron chi connectivity index (χ4n) is 8.12. The Labute approximate surface area is 135 Å². The lowest BCUT2D eigenvalue weighted by molar-refractivity contribution is -0.159. The molecule has 0 radical (unpaired) electrons. The Hall–Kier alpha value is -0.0800. The van der Waals surface area contributed by atoms with Crippen molar-refractivity contribution in [1.82, 2.24) is 0 Å². The van der Waals surface area contributed by atoms with Crippen LogP contribution < -0.4 is 0 Å². The molecule has 0 aromatic rings. The predicted octanol–water partition coefficient (Wildman–Crippen LogP) is 4.14. The summed E-state index contributed by atoms with van der Waals surface area (Å²) in [4.78, 5) is 0. The summed E-state index contributed by atoms with van der Waals surface area (Å²) in [6.07, 6.45) is 11.2. The first kappa shape index (κ1) is 15.4. The minimum atomic E-state index is -0.424. The summed E-state index contributed by atoms with van der Waals surface area (Å²) < 4.78 is 0. The minimum absolute atomic E-state index is 0.132. The molecule has 2 bridgehead atoms. The van der Waals surface area contributed by atoms with E-state index in [0.717, 1.165) is 12.3 Å². The lowest BCUT2D eigenvalue weighted by Crippen LogP contribution is -2.57. The van der Waals surface area contributed by atoms with E-state index in [1.807, 2.05) is 0 Å². The first-order chi connectivity index (χ1) is 10.3. The van der Waals surface area contributed by atoms with Gasteiger partial charge in [0.05, 0.1) is 5.60 Å². The number of fused-ring (bicyclic) bond motifs is 3. The number of hydrogen-bond donors (Lipinski definition) is 2. The molecule has 4 fully saturated rings. The van der Waals surface area contributed by atoms with Crippen LogP contribution >= 0.6 is 0 Å². The van der Waals surface area contributed by atoms with Crippen LogP contribution in [0.4, 0.5) is 0 Å². The molecule has 0 aromatic carbocycles. The van der Waals surface area contributed by atoms with Crippen LogP contribution in [0.1, 0.15) is 78.6 Å². The van der Waals surface area contributed by atoms with E-state index in [1.54, 1.807) is 0 Å². The summed E-state index contributed by atoms with van der Waals surface area (Å²) in [5, 5.41) is 21.0. The summed E-state index contributed by atoms with van der Waals surface area (Å²) in [7, 11) is 0. The second-order valence-electron chi connectivity index (χ2n) is 10.2. The van der Waals surface area contributed by atoms with Crippen LogP contribution in [-0.4, -0.2) is 22.4 Å². The van der Waals surface area contributed by atoms with Gasteiger partial charge in [-0.05, 0) is 92.3 Å². The Morgan fingerprint density at radius 3 is 2.45 bits per heavy atom. The van der Waals surface area contributed by atoms with Crippen LogP contribution in [0.15, 0.2) is 0 Å². The highest BCUT2D eigenvalue weighted by Crippen LogP contribution is 2.72. The zero-order valence-corrected chi connectivity index (χ0v) is 14.7. The van der Waals surface area contributed by atoms with Gasteiger partial charge in [0, 0.05) is 6.61 Å². The highest BCUT2D eigenvalue weighted by molar-refractivity contribution is 5.16. The molecule has 4 rings (SSSR count). The van der Waals surface area contributed by atoms with Gasteiger partial charge in [-0.3, -0.25) is 0 Å². The molecule has 7 atom stereocenters. The average Bonchev–Trinajstić information content (AvgIpc) is 2.63. The van der Waals surface area contributed by atoms with Gasteiger partial charge in [-0.1, -0.05) is 20.3 Å². The molecule has 2 N–H and O–H groups in total. The molecule has 0 aliphatic heterocycles. The normalized spacial score (nSPS) is 60.7. The van der Waals surface area contributed by atoms with Crippen molar-refractivity contribution in [2.24, 2.45) is 34.0 Å². The van der Waals surface area contributed by atoms with Crippen LogP contribution in [-0.2, 0) is 0 Å². The van der Waals surface area contributed by atoms with E-state index >= 15 is 0 Å². The van der Waals surface area contributed by atoms with Crippen molar-refractivity contribution >= 4 is 0 Å². The third-order valence-electron chi connectivity index (χ3n) is 8.97. The molecule has 0 unspecified atom stereocenters. The maximum absolute atomic E-state index is 10.9. The van der Waals surface area contributed by atoms with E-state index in [9.17, 15) is 10.2 Å². The quantitative estimate of drug-likeness (QED) is 0.764. The smallest absolute Gasteiger partial charge is 0.0653 e. The molecular weight excluding hydrogens is 272 g/mol. The third kappa shape index (κ3) is 1.80. The van der Waals surface area contributed by atoms with Crippen molar-refractivity contribution < 1.29 is 10.2 Å². The molecule has 2 nitrogen and oxygen atoms in total. The highest BCUT2D eigenvalue weighted by Gasteiger charge is 2.66. The Morgan fingerprint density at radius 2 is 1.73 bits per heavy atom.